The smallest absolute Gasteiger partial charge is 0.145 e. The number of ether oxygens (including phenoxy) is 4. The Kier molecular flexibility index (Phi) is 4.76. The molecule has 0 saturated carbocycles. The molecule has 6 heteroatoms. The average Bonchev–Trinajstić information content (AvgIpc) is 2.51. The highest BCUT2D eigenvalue weighted by Crippen LogP contribution is 2.36. The monoisotopic (exact) mass is 232 g/mol. The van der Waals surface area contributed by atoms with E-state index in [1.807, 2.05) is 7.85 Å². The number of hydrogen-bond acceptors (Lipinski definition) is 5. The standard InChI is InChI=1S/C10H21BO5/c1-6(12)10(5-13-2)8(15-4)7(14-3)9(11)16-10/h6-9,12H,5,11H2,1-4H3. The minimum atomic E-state index is -0.858. The van der Waals surface area contributed by atoms with Crippen LogP contribution in [0.25, 0.3) is 0 Å². The van der Waals surface area contributed by atoms with E-state index in [2.05, 4.69) is 0 Å². The summed E-state index contributed by atoms with van der Waals surface area (Å²) in [5.74, 6) is 0. The Bertz CT molecular complexity index is 225. The maximum Gasteiger partial charge on any atom is 0.145 e. The van der Waals surface area contributed by atoms with E-state index in [0.717, 1.165) is 0 Å². The molecule has 1 heterocycles. The van der Waals surface area contributed by atoms with Gasteiger partial charge in [-0.25, -0.2) is 0 Å². The molecule has 0 radical (unpaired) electrons. The van der Waals surface area contributed by atoms with Crippen molar-refractivity contribution in [3.63, 3.8) is 0 Å². The fourth-order valence-corrected chi connectivity index (χ4v) is 2.45. The topological polar surface area (TPSA) is 57.2 Å². The SMILES string of the molecule is BC1OC(COC)(C(C)O)C(OC)C1OC. The lowest BCUT2D eigenvalue weighted by atomic mass is 9.86. The van der Waals surface area contributed by atoms with Crippen LogP contribution in [0.5, 0.6) is 0 Å². The molecule has 1 rings (SSSR count). The van der Waals surface area contributed by atoms with Gasteiger partial charge in [0.15, 0.2) is 0 Å². The largest absolute Gasteiger partial charge is 0.390 e. The summed E-state index contributed by atoms with van der Waals surface area (Å²) in [5.41, 5.74) is -0.858. The quantitative estimate of drug-likeness (QED) is 0.601. The highest BCUT2D eigenvalue weighted by molar-refractivity contribution is 6.11. The molecule has 0 amide bonds. The summed E-state index contributed by atoms with van der Waals surface area (Å²) in [4.78, 5) is 0. The van der Waals surface area contributed by atoms with Gasteiger partial charge in [-0.2, -0.15) is 0 Å². The van der Waals surface area contributed by atoms with Crippen molar-refractivity contribution in [2.45, 2.75) is 36.8 Å². The van der Waals surface area contributed by atoms with Crippen molar-refractivity contribution >= 4 is 7.85 Å². The van der Waals surface area contributed by atoms with Gasteiger partial charge in [0.05, 0.1) is 18.7 Å². The zero-order valence-electron chi connectivity index (χ0n) is 10.6. The van der Waals surface area contributed by atoms with Gasteiger partial charge in [-0.3, -0.25) is 0 Å². The van der Waals surface area contributed by atoms with Crippen LogP contribution in [-0.2, 0) is 18.9 Å². The molecule has 0 aromatic rings. The molecule has 5 nitrogen and oxygen atoms in total. The van der Waals surface area contributed by atoms with Gasteiger partial charge in [-0.15, -0.1) is 0 Å². The van der Waals surface area contributed by atoms with Crippen molar-refractivity contribution in [1.82, 2.24) is 0 Å². The summed E-state index contributed by atoms with van der Waals surface area (Å²) in [6.45, 7) is 1.95. The highest BCUT2D eigenvalue weighted by Gasteiger charge is 2.57. The molecule has 5 unspecified atom stereocenters. The minimum absolute atomic E-state index is 0.139. The first kappa shape index (κ1) is 13.9. The van der Waals surface area contributed by atoms with Gasteiger partial charge in [0.2, 0.25) is 0 Å². The molecule has 1 fully saturated rings. The van der Waals surface area contributed by atoms with Crippen LogP contribution in [0, 0.1) is 0 Å². The Hall–Kier alpha value is -0.135. The average molecular weight is 232 g/mol. The van der Waals surface area contributed by atoms with Crippen molar-refractivity contribution in [1.29, 1.82) is 0 Å². The summed E-state index contributed by atoms with van der Waals surface area (Å²) in [5, 5.41) is 9.93. The highest BCUT2D eigenvalue weighted by atomic mass is 16.6. The molecule has 16 heavy (non-hydrogen) atoms. The van der Waals surface area contributed by atoms with Gasteiger partial charge < -0.3 is 24.1 Å². The van der Waals surface area contributed by atoms with Gasteiger partial charge in [-0.05, 0) is 6.92 Å². The van der Waals surface area contributed by atoms with E-state index >= 15 is 0 Å². The van der Waals surface area contributed by atoms with Gasteiger partial charge in [0, 0.05) is 21.3 Å². The maximum atomic E-state index is 9.93. The van der Waals surface area contributed by atoms with E-state index in [0.29, 0.717) is 0 Å². The third kappa shape index (κ3) is 2.12. The van der Waals surface area contributed by atoms with Crippen LogP contribution < -0.4 is 0 Å². The Morgan fingerprint density at radius 1 is 1.38 bits per heavy atom. The second-order valence-corrected chi connectivity index (χ2v) is 4.24. The summed E-state index contributed by atoms with van der Waals surface area (Å²) >= 11 is 0. The van der Waals surface area contributed by atoms with E-state index in [4.69, 9.17) is 18.9 Å². The van der Waals surface area contributed by atoms with E-state index in [1.54, 1.807) is 28.3 Å². The number of aliphatic hydroxyl groups is 1. The van der Waals surface area contributed by atoms with Crippen molar-refractivity contribution in [2.24, 2.45) is 0 Å². The lowest BCUT2D eigenvalue weighted by molar-refractivity contribution is -0.171. The fraction of sp³-hybridized carbons (Fsp3) is 1.00. The molecule has 1 aliphatic rings. The molecule has 0 aromatic carbocycles. The molecule has 94 valence electrons. The Morgan fingerprint density at radius 2 is 2.00 bits per heavy atom. The van der Waals surface area contributed by atoms with Gasteiger partial charge in [0.25, 0.3) is 0 Å². The van der Waals surface area contributed by atoms with Crippen LogP contribution in [0.15, 0.2) is 0 Å². The van der Waals surface area contributed by atoms with Gasteiger partial charge in [-0.1, -0.05) is 0 Å². The predicted molar refractivity (Wildman–Crippen MR) is 61.3 cm³/mol. The number of hydrogen-bond donors (Lipinski definition) is 1. The van der Waals surface area contributed by atoms with Gasteiger partial charge in [0.1, 0.15) is 25.7 Å². The number of methoxy groups -OCH3 is 3. The molecule has 0 aliphatic carbocycles. The second kappa shape index (κ2) is 5.47. The third-order valence-corrected chi connectivity index (χ3v) is 3.25. The molecule has 5 atom stereocenters. The Labute approximate surface area is 97.4 Å². The van der Waals surface area contributed by atoms with Crippen LogP contribution in [0.4, 0.5) is 0 Å². The zero-order valence-corrected chi connectivity index (χ0v) is 10.6. The van der Waals surface area contributed by atoms with Crippen molar-refractivity contribution in [2.75, 3.05) is 27.9 Å². The summed E-state index contributed by atoms with van der Waals surface area (Å²) in [6, 6.07) is -0.139. The third-order valence-electron chi connectivity index (χ3n) is 3.25. The molecule has 1 saturated heterocycles. The number of rotatable bonds is 5. The molecule has 0 aromatic heterocycles. The first-order valence-electron chi connectivity index (χ1n) is 5.44. The predicted octanol–water partition coefficient (Wildman–Crippen LogP) is -1.23. The van der Waals surface area contributed by atoms with Crippen LogP contribution >= 0.6 is 0 Å². The van der Waals surface area contributed by atoms with Crippen molar-refractivity contribution < 1.29 is 24.1 Å². The van der Waals surface area contributed by atoms with E-state index in [-0.39, 0.29) is 24.8 Å². The summed E-state index contributed by atoms with van der Waals surface area (Å²) < 4.78 is 21.8. The van der Waals surface area contributed by atoms with E-state index < -0.39 is 11.7 Å². The second-order valence-electron chi connectivity index (χ2n) is 4.24. The molecule has 1 aliphatic heterocycles. The number of aliphatic hydroxyl groups excluding tert-OH is 1. The van der Waals surface area contributed by atoms with Crippen molar-refractivity contribution in [3.05, 3.63) is 0 Å². The first-order valence-corrected chi connectivity index (χ1v) is 5.44. The van der Waals surface area contributed by atoms with Crippen LogP contribution in [0.3, 0.4) is 0 Å². The first-order chi connectivity index (χ1) is 7.53. The molecular formula is C10H21BO5. The van der Waals surface area contributed by atoms with Crippen LogP contribution in [0.1, 0.15) is 6.92 Å². The summed E-state index contributed by atoms with van der Waals surface area (Å²) in [6.07, 6.45) is -1.23. The summed E-state index contributed by atoms with van der Waals surface area (Å²) in [7, 11) is 6.68. The molecule has 0 spiro atoms. The molecule has 1 N–H and O–H groups in total. The maximum absolute atomic E-state index is 9.93. The fourth-order valence-electron chi connectivity index (χ4n) is 2.45. The zero-order chi connectivity index (χ0) is 12.3. The van der Waals surface area contributed by atoms with Crippen LogP contribution in [0.2, 0.25) is 0 Å². The minimum Gasteiger partial charge on any atom is -0.390 e. The van der Waals surface area contributed by atoms with Crippen molar-refractivity contribution in [3.8, 4) is 0 Å². The Balaban J connectivity index is 2.99. The molecular weight excluding hydrogens is 211 g/mol. The molecule has 0 bridgehead atoms. The van der Waals surface area contributed by atoms with Crippen LogP contribution in [-0.4, -0.2) is 70.8 Å². The van der Waals surface area contributed by atoms with E-state index in [9.17, 15) is 5.11 Å². The van der Waals surface area contributed by atoms with E-state index in [1.165, 1.54) is 0 Å². The Morgan fingerprint density at radius 3 is 2.38 bits per heavy atom. The lowest BCUT2D eigenvalue weighted by Gasteiger charge is -2.36. The van der Waals surface area contributed by atoms with Gasteiger partial charge >= 0.3 is 0 Å². The normalized spacial score (nSPS) is 41.2. The lowest BCUT2D eigenvalue weighted by Crippen LogP contribution is -2.55.